The molecule has 0 aliphatic carbocycles. The number of rotatable bonds is 1. The third-order valence-electron chi connectivity index (χ3n) is 3.17. The molecular formula is C12H18N4O. The van der Waals surface area contributed by atoms with E-state index in [1.54, 1.807) is 0 Å². The number of carbonyl (C=O) groups is 1. The van der Waals surface area contributed by atoms with Crippen LogP contribution in [-0.2, 0) is 4.79 Å². The van der Waals surface area contributed by atoms with E-state index in [0.29, 0.717) is 12.5 Å². The first-order valence-electron chi connectivity index (χ1n) is 5.91. The van der Waals surface area contributed by atoms with E-state index >= 15 is 0 Å². The number of anilines is 1. The molecule has 1 saturated heterocycles. The molecule has 0 spiro atoms. The fourth-order valence-electron chi connectivity index (χ4n) is 1.87. The Labute approximate surface area is 101 Å². The highest BCUT2D eigenvalue weighted by Gasteiger charge is 2.18. The first kappa shape index (κ1) is 11.8. The maximum Gasteiger partial charge on any atom is 0.239 e. The normalized spacial score (nSPS) is 16.6. The van der Waals surface area contributed by atoms with Gasteiger partial charge in [0.25, 0.3) is 0 Å². The van der Waals surface area contributed by atoms with Crippen molar-refractivity contribution in [3.05, 3.63) is 17.0 Å². The molecule has 2 rings (SSSR count). The van der Waals surface area contributed by atoms with Gasteiger partial charge >= 0.3 is 0 Å². The summed E-state index contributed by atoms with van der Waals surface area (Å²) in [4.78, 5) is 22.4. The molecule has 0 radical (unpaired) electrons. The number of amides is 1. The van der Waals surface area contributed by atoms with Gasteiger partial charge in [0, 0.05) is 24.5 Å². The van der Waals surface area contributed by atoms with Crippen molar-refractivity contribution in [1.82, 2.24) is 15.3 Å². The molecule has 0 saturated carbocycles. The molecule has 1 aromatic heterocycles. The standard InChI is InChI=1S/C12H18N4O/c1-8-9(2)14-12(15-10(8)3)16-6-4-5-13-11(17)7-16/h4-7H2,1-3H3,(H,13,17). The van der Waals surface area contributed by atoms with Crippen molar-refractivity contribution in [2.75, 3.05) is 24.5 Å². The number of aromatic nitrogens is 2. The summed E-state index contributed by atoms with van der Waals surface area (Å²) in [5.41, 5.74) is 3.09. The Bertz CT molecular complexity index is 421. The summed E-state index contributed by atoms with van der Waals surface area (Å²) >= 11 is 0. The fourth-order valence-corrected chi connectivity index (χ4v) is 1.87. The zero-order valence-corrected chi connectivity index (χ0v) is 10.6. The second-order valence-corrected chi connectivity index (χ2v) is 4.44. The number of hydrogen-bond acceptors (Lipinski definition) is 4. The van der Waals surface area contributed by atoms with E-state index in [0.717, 1.165) is 36.5 Å². The number of hydrogen-bond donors (Lipinski definition) is 1. The summed E-state index contributed by atoms with van der Waals surface area (Å²) in [6.45, 7) is 7.88. The molecule has 2 heterocycles. The molecule has 0 unspecified atom stereocenters. The minimum Gasteiger partial charge on any atom is -0.354 e. The Morgan fingerprint density at radius 3 is 2.47 bits per heavy atom. The number of aryl methyl sites for hydroxylation is 2. The van der Waals surface area contributed by atoms with Crippen molar-refractivity contribution in [1.29, 1.82) is 0 Å². The van der Waals surface area contributed by atoms with Gasteiger partial charge in [-0.1, -0.05) is 0 Å². The van der Waals surface area contributed by atoms with Crippen LogP contribution in [-0.4, -0.2) is 35.5 Å². The third-order valence-corrected chi connectivity index (χ3v) is 3.17. The van der Waals surface area contributed by atoms with Crippen LogP contribution in [0.5, 0.6) is 0 Å². The lowest BCUT2D eigenvalue weighted by molar-refractivity contribution is -0.119. The zero-order chi connectivity index (χ0) is 12.4. The minimum atomic E-state index is 0.0435. The summed E-state index contributed by atoms with van der Waals surface area (Å²) in [7, 11) is 0. The second kappa shape index (κ2) is 4.69. The molecule has 1 aliphatic rings. The van der Waals surface area contributed by atoms with Crippen molar-refractivity contribution in [2.24, 2.45) is 0 Å². The largest absolute Gasteiger partial charge is 0.354 e. The van der Waals surface area contributed by atoms with Gasteiger partial charge in [-0.15, -0.1) is 0 Å². The second-order valence-electron chi connectivity index (χ2n) is 4.44. The molecule has 1 aliphatic heterocycles. The lowest BCUT2D eigenvalue weighted by Gasteiger charge is -2.20. The first-order chi connectivity index (χ1) is 8.08. The maximum absolute atomic E-state index is 11.5. The van der Waals surface area contributed by atoms with Crippen molar-refractivity contribution in [3.63, 3.8) is 0 Å². The molecule has 92 valence electrons. The van der Waals surface area contributed by atoms with E-state index in [4.69, 9.17) is 0 Å². The van der Waals surface area contributed by atoms with E-state index < -0.39 is 0 Å². The lowest BCUT2D eigenvalue weighted by Crippen LogP contribution is -2.34. The highest BCUT2D eigenvalue weighted by atomic mass is 16.2. The van der Waals surface area contributed by atoms with Gasteiger partial charge in [-0.05, 0) is 32.8 Å². The van der Waals surface area contributed by atoms with Crippen LogP contribution in [0.1, 0.15) is 23.4 Å². The molecule has 1 amide bonds. The molecule has 5 nitrogen and oxygen atoms in total. The van der Waals surface area contributed by atoms with Gasteiger partial charge in [0.15, 0.2) is 0 Å². The van der Waals surface area contributed by atoms with Crippen LogP contribution >= 0.6 is 0 Å². The van der Waals surface area contributed by atoms with E-state index in [-0.39, 0.29) is 5.91 Å². The van der Waals surface area contributed by atoms with Crippen molar-refractivity contribution in [3.8, 4) is 0 Å². The molecule has 0 aromatic carbocycles. The topological polar surface area (TPSA) is 58.1 Å². The average Bonchev–Trinajstić information content (AvgIpc) is 2.50. The van der Waals surface area contributed by atoms with Gasteiger partial charge in [-0.2, -0.15) is 0 Å². The predicted octanol–water partition coefficient (Wildman–Crippen LogP) is 0.728. The lowest BCUT2D eigenvalue weighted by atomic mass is 10.2. The van der Waals surface area contributed by atoms with E-state index in [2.05, 4.69) is 15.3 Å². The van der Waals surface area contributed by atoms with E-state index in [1.165, 1.54) is 0 Å². The number of carbonyl (C=O) groups excluding carboxylic acids is 1. The average molecular weight is 234 g/mol. The van der Waals surface area contributed by atoms with Crippen LogP contribution < -0.4 is 10.2 Å². The quantitative estimate of drug-likeness (QED) is 0.778. The minimum absolute atomic E-state index is 0.0435. The van der Waals surface area contributed by atoms with Gasteiger partial charge in [0.2, 0.25) is 11.9 Å². The van der Waals surface area contributed by atoms with E-state index in [1.807, 2.05) is 25.7 Å². The molecule has 1 aromatic rings. The summed E-state index contributed by atoms with van der Waals surface area (Å²) in [5.74, 6) is 0.713. The number of nitrogens with zero attached hydrogens (tertiary/aromatic N) is 3. The Morgan fingerprint density at radius 2 is 1.82 bits per heavy atom. The highest BCUT2D eigenvalue weighted by molar-refractivity contribution is 5.81. The van der Waals surface area contributed by atoms with E-state index in [9.17, 15) is 4.79 Å². The van der Waals surface area contributed by atoms with Gasteiger partial charge in [0.05, 0.1) is 6.54 Å². The Kier molecular flexibility index (Phi) is 3.26. The summed E-state index contributed by atoms with van der Waals surface area (Å²) in [5, 5.41) is 2.85. The SMILES string of the molecule is Cc1nc(N2CCCNC(=O)C2)nc(C)c1C. The van der Waals surface area contributed by atoms with Crippen molar-refractivity contribution < 1.29 is 4.79 Å². The van der Waals surface area contributed by atoms with Crippen LogP contribution in [0.15, 0.2) is 0 Å². The molecule has 5 heteroatoms. The zero-order valence-electron chi connectivity index (χ0n) is 10.6. The van der Waals surface area contributed by atoms with Gasteiger partial charge in [-0.25, -0.2) is 9.97 Å². The summed E-state index contributed by atoms with van der Waals surface area (Å²) in [6.07, 6.45) is 0.932. The molecule has 1 N–H and O–H groups in total. The Morgan fingerprint density at radius 1 is 1.18 bits per heavy atom. The molecule has 0 atom stereocenters. The van der Waals surface area contributed by atoms with Crippen LogP contribution in [0.3, 0.4) is 0 Å². The summed E-state index contributed by atoms with van der Waals surface area (Å²) < 4.78 is 0. The monoisotopic (exact) mass is 234 g/mol. The fraction of sp³-hybridized carbons (Fsp3) is 0.583. The first-order valence-corrected chi connectivity index (χ1v) is 5.91. The molecular weight excluding hydrogens is 216 g/mol. The van der Waals surface area contributed by atoms with Crippen LogP contribution in [0.2, 0.25) is 0 Å². The predicted molar refractivity (Wildman–Crippen MR) is 66.1 cm³/mol. The molecule has 1 fully saturated rings. The smallest absolute Gasteiger partial charge is 0.239 e. The van der Waals surface area contributed by atoms with Crippen LogP contribution in [0, 0.1) is 20.8 Å². The Hall–Kier alpha value is -1.65. The highest BCUT2D eigenvalue weighted by Crippen LogP contribution is 2.15. The molecule has 0 bridgehead atoms. The Balaban J connectivity index is 2.29. The maximum atomic E-state index is 11.5. The van der Waals surface area contributed by atoms with Crippen molar-refractivity contribution in [2.45, 2.75) is 27.2 Å². The van der Waals surface area contributed by atoms with Gasteiger partial charge in [0.1, 0.15) is 0 Å². The van der Waals surface area contributed by atoms with Crippen LogP contribution in [0.4, 0.5) is 5.95 Å². The third kappa shape index (κ3) is 2.54. The number of nitrogens with one attached hydrogen (secondary N) is 1. The summed E-state index contributed by atoms with van der Waals surface area (Å²) in [6, 6.07) is 0. The molecule has 17 heavy (non-hydrogen) atoms. The van der Waals surface area contributed by atoms with Gasteiger partial charge < -0.3 is 10.2 Å². The van der Waals surface area contributed by atoms with Crippen LogP contribution in [0.25, 0.3) is 0 Å². The van der Waals surface area contributed by atoms with Gasteiger partial charge in [-0.3, -0.25) is 4.79 Å². The van der Waals surface area contributed by atoms with Crippen molar-refractivity contribution >= 4 is 11.9 Å².